The van der Waals surface area contributed by atoms with Gasteiger partial charge in [0.2, 0.25) is 0 Å². The Kier molecular flexibility index (Phi) is 4.05. The van der Waals surface area contributed by atoms with Crippen molar-refractivity contribution in [3.63, 3.8) is 0 Å². The van der Waals surface area contributed by atoms with Crippen LogP contribution in [-0.4, -0.2) is 10.8 Å². The van der Waals surface area contributed by atoms with Gasteiger partial charge in [-0.15, -0.1) is 0 Å². The fraction of sp³-hybridized carbons (Fsp3) is 0.0714. The van der Waals surface area contributed by atoms with E-state index in [1.54, 1.807) is 0 Å². The van der Waals surface area contributed by atoms with Gasteiger partial charge in [-0.2, -0.15) is 0 Å². The molecular weight excluding hydrogens is 263 g/mol. The molecule has 0 aliphatic heterocycles. The van der Waals surface area contributed by atoms with Crippen molar-refractivity contribution in [2.75, 3.05) is 0 Å². The molecule has 0 atom stereocenters. The maximum atomic E-state index is 13.2. The summed E-state index contributed by atoms with van der Waals surface area (Å²) < 4.78 is 13.2. The summed E-state index contributed by atoms with van der Waals surface area (Å²) in [5.41, 5.74) is 0.356. The molecule has 1 N–H and O–H groups in total. The lowest BCUT2D eigenvalue weighted by molar-refractivity contribution is -0.385. The number of nitro benzene ring substituents is 1. The highest BCUT2D eigenvalue weighted by Gasteiger charge is 2.14. The van der Waals surface area contributed by atoms with E-state index >= 15 is 0 Å². The first kappa shape index (κ1) is 13.7. The molecule has 20 heavy (non-hydrogen) atoms. The van der Waals surface area contributed by atoms with E-state index in [2.05, 4.69) is 5.32 Å². The second kappa shape index (κ2) is 5.92. The lowest BCUT2D eigenvalue weighted by Gasteiger charge is -2.05. The highest BCUT2D eigenvalue weighted by Crippen LogP contribution is 2.16. The number of rotatable bonds is 4. The first-order valence-corrected chi connectivity index (χ1v) is 5.83. The molecule has 0 aliphatic carbocycles. The topological polar surface area (TPSA) is 72.2 Å². The molecule has 2 rings (SSSR count). The van der Waals surface area contributed by atoms with Gasteiger partial charge in [0.05, 0.1) is 11.0 Å². The number of amides is 1. The fourth-order valence-corrected chi connectivity index (χ4v) is 1.69. The summed E-state index contributed by atoms with van der Waals surface area (Å²) in [4.78, 5) is 21.7. The van der Waals surface area contributed by atoms with Crippen molar-refractivity contribution in [1.29, 1.82) is 0 Å². The van der Waals surface area contributed by atoms with Crippen LogP contribution in [0, 0.1) is 15.9 Å². The van der Waals surface area contributed by atoms with Crippen LogP contribution in [-0.2, 0) is 6.54 Å². The van der Waals surface area contributed by atoms with Crippen molar-refractivity contribution in [1.82, 2.24) is 5.32 Å². The molecule has 1 amide bonds. The number of nitrogens with one attached hydrogen (secondary N) is 1. The fourth-order valence-electron chi connectivity index (χ4n) is 1.69. The minimum Gasteiger partial charge on any atom is -0.348 e. The Balaban J connectivity index is 2.11. The van der Waals surface area contributed by atoms with Gasteiger partial charge in [0, 0.05) is 18.2 Å². The number of halogens is 1. The number of benzene rings is 2. The maximum Gasteiger partial charge on any atom is 0.273 e. The van der Waals surface area contributed by atoms with Crippen molar-refractivity contribution >= 4 is 11.6 Å². The molecule has 0 heterocycles. The number of nitro groups is 1. The predicted octanol–water partition coefficient (Wildman–Crippen LogP) is 2.66. The first-order valence-electron chi connectivity index (χ1n) is 5.83. The van der Waals surface area contributed by atoms with Crippen molar-refractivity contribution in [2.24, 2.45) is 0 Å². The Morgan fingerprint density at radius 2 is 1.90 bits per heavy atom. The molecule has 102 valence electrons. The van der Waals surface area contributed by atoms with Crippen LogP contribution in [0.5, 0.6) is 0 Å². The predicted molar refractivity (Wildman–Crippen MR) is 70.7 cm³/mol. The van der Waals surface area contributed by atoms with Crippen molar-refractivity contribution < 1.29 is 14.1 Å². The SMILES string of the molecule is O=C(NCc1ccccc1)c1cc(F)cc([N+](=O)[O-])c1. The van der Waals surface area contributed by atoms with Gasteiger partial charge in [-0.25, -0.2) is 4.39 Å². The van der Waals surface area contributed by atoms with Crippen LogP contribution in [0.4, 0.5) is 10.1 Å². The summed E-state index contributed by atoms with van der Waals surface area (Å²) in [6, 6.07) is 11.9. The van der Waals surface area contributed by atoms with Crippen LogP contribution in [0.1, 0.15) is 15.9 Å². The van der Waals surface area contributed by atoms with Crippen LogP contribution in [0.25, 0.3) is 0 Å². The lowest BCUT2D eigenvalue weighted by Crippen LogP contribution is -2.23. The van der Waals surface area contributed by atoms with E-state index in [-0.39, 0.29) is 12.1 Å². The maximum absolute atomic E-state index is 13.2. The van der Waals surface area contributed by atoms with Crippen molar-refractivity contribution in [3.8, 4) is 0 Å². The first-order chi connectivity index (χ1) is 9.56. The third-order valence-corrected chi connectivity index (χ3v) is 2.65. The quantitative estimate of drug-likeness (QED) is 0.688. The zero-order valence-corrected chi connectivity index (χ0v) is 10.4. The molecule has 0 aromatic heterocycles. The van der Waals surface area contributed by atoms with E-state index in [1.165, 1.54) is 0 Å². The Labute approximate surface area is 114 Å². The smallest absolute Gasteiger partial charge is 0.273 e. The largest absolute Gasteiger partial charge is 0.348 e. The van der Waals surface area contributed by atoms with Gasteiger partial charge < -0.3 is 5.32 Å². The van der Waals surface area contributed by atoms with E-state index in [4.69, 9.17) is 0 Å². The van der Waals surface area contributed by atoms with Crippen LogP contribution in [0.15, 0.2) is 48.5 Å². The molecule has 0 radical (unpaired) electrons. The average molecular weight is 274 g/mol. The van der Waals surface area contributed by atoms with Gasteiger partial charge in [-0.05, 0) is 11.6 Å². The van der Waals surface area contributed by atoms with Gasteiger partial charge in [0.1, 0.15) is 5.82 Å². The molecule has 0 bridgehead atoms. The average Bonchev–Trinajstić information content (AvgIpc) is 2.45. The third kappa shape index (κ3) is 3.38. The number of hydrogen-bond donors (Lipinski definition) is 1. The van der Waals surface area contributed by atoms with E-state index in [0.717, 1.165) is 23.8 Å². The molecule has 0 fully saturated rings. The van der Waals surface area contributed by atoms with Crippen LogP contribution < -0.4 is 5.32 Å². The Hall–Kier alpha value is -2.76. The monoisotopic (exact) mass is 274 g/mol. The zero-order valence-electron chi connectivity index (χ0n) is 10.4. The summed E-state index contributed by atoms with van der Waals surface area (Å²) in [7, 11) is 0. The molecule has 0 unspecified atom stereocenters. The molecule has 5 nitrogen and oxygen atoms in total. The summed E-state index contributed by atoms with van der Waals surface area (Å²) >= 11 is 0. The van der Waals surface area contributed by atoms with Crippen LogP contribution in [0.3, 0.4) is 0 Å². The number of non-ortho nitro benzene ring substituents is 1. The Bertz CT molecular complexity index is 644. The molecule has 2 aromatic carbocycles. The number of carbonyl (C=O) groups excluding carboxylic acids is 1. The summed E-state index contributed by atoms with van der Waals surface area (Å²) in [5, 5.41) is 13.2. The molecular formula is C14H11FN2O3. The van der Waals surface area contributed by atoms with Crippen molar-refractivity contribution in [3.05, 3.63) is 75.6 Å². The molecule has 0 aliphatic rings. The molecule has 2 aromatic rings. The van der Waals surface area contributed by atoms with E-state index in [1.807, 2.05) is 30.3 Å². The van der Waals surface area contributed by atoms with Crippen LogP contribution >= 0.6 is 0 Å². The summed E-state index contributed by atoms with van der Waals surface area (Å²) in [5.74, 6) is -1.37. The van der Waals surface area contributed by atoms with Gasteiger partial charge >= 0.3 is 0 Å². The molecule has 6 heteroatoms. The molecule has 0 saturated carbocycles. The normalized spacial score (nSPS) is 10.1. The minimum absolute atomic E-state index is 0.0763. The van der Waals surface area contributed by atoms with Gasteiger partial charge in [-0.3, -0.25) is 14.9 Å². The highest BCUT2D eigenvalue weighted by molar-refractivity contribution is 5.94. The van der Waals surface area contributed by atoms with E-state index in [9.17, 15) is 19.3 Å². The third-order valence-electron chi connectivity index (χ3n) is 2.65. The highest BCUT2D eigenvalue weighted by atomic mass is 19.1. The van der Waals surface area contributed by atoms with Crippen molar-refractivity contribution in [2.45, 2.75) is 6.54 Å². The summed E-state index contributed by atoms with van der Waals surface area (Å²) in [6.07, 6.45) is 0. The number of nitrogens with zero attached hydrogens (tertiary/aromatic N) is 1. The van der Waals surface area contributed by atoms with Gasteiger partial charge in [-0.1, -0.05) is 30.3 Å². The van der Waals surface area contributed by atoms with Gasteiger partial charge in [0.25, 0.3) is 11.6 Å². The molecule has 0 spiro atoms. The van der Waals surface area contributed by atoms with Gasteiger partial charge in [0.15, 0.2) is 0 Å². The lowest BCUT2D eigenvalue weighted by atomic mass is 10.1. The Morgan fingerprint density at radius 3 is 2.55 bits per heavy atom. The van der Waals surface area contributed by atoms with Crippen LogP contribution in [0.2, 0.25) is 0 Å². The molecule has 0 saturated heterocycles. The second-order valence-corrected chi connectivity index (χ2v) is 4.12. The van der Waals surface area contributed by atoms with E-state index < -0.39 is 22.3 Å². The number of hydrogen-bond acceptors (Lipinski definition) is 3. The second-order valence-electron chi connectivity index (χ2n) is 4.12. The minimum atomic E-state index is -0.816. The zero-order chi connectivity index (χ0) is 14.5. The number of carbonyl (C=O) groups is 1. The van der Waals surface area contributed by atoms with E-state index in [0.29, 0.717) is 0 Å². The standard InChI is InChI=1S/C14H11FN2O3/c15-12-6-11(7-13(8-12)17(19)20)14(18)16-9-10-4-2-1-3-5-10/h1-8H,9H2,(H,16,18). The summed E-state index contributed by atoms with van der Waals surface area (Å²) in [6.45, 7) is 0.268. The Morgan fingerprint density at radius 1 is 1.20 bits per heavy atom.